The van der Waals surface area contributed by atoms with Crippen LogP contribution in [-0.4, -0.2) is 16.0 Å². The van der Waals surface area contributed by atoms with Crippen LogP contribution in [0.2, 0.25) is 0 Å². The van der Waals surface area contributed by atoms with Gasteiger partial charge < -0.3 is 0 Å². The number of hydrogen-bond donors (Lipinski definition) is 1. The van der Waals surface area contributed by atoms with Gasteiger partial charge in [-0.3, -0.25) is 9.89 Å². The molecular weight excluding hydrogens is 185 g/mol. The second kappa shape index (κ2) is 2.86. The quantitative estimate of drug-likeness (QED) is 0.691. The molecule has 13 heavy (non-hydrogen) atoms. The second-order valence-corrected chi connectivity index (χ2v) is 2.63. The van der Waals surface area contributed by atoms with Crippen molar-refractivity contribution in [2.24, 2.45) is 0 Å². The first kappa shape index (κ1) is 9.76. The highest BCUT2D eigenvalue weighted by Crippen LogP contribution is 2.33. The highest BCUT2D eigenvalue weighted by Gasteiger charge is 2.38. The Kier molecular flexibility index (Phi) is 2.15. The topological polar surface area (TPSA) is 45.8 Å². The number of carbonyl (C=O) groups excluding carboxylic acids is 1. The molecule has 0 saturated carbocycles. The molecule has 0 aliphatic carbocycles. The molecule has 1 aromatic heterocycles. The van der Waals surface area contributed by atoms with Crippen LogP contribution in [0.4, 0.5) is 13.2 Å². The molecule has 0 aromatic carbocycles. The van der Waals surface area contributed by atoms with Crippen molar-refractivity contribution < 1.29 is 18.0 Å². The van der Waals surface area contributed by atoms with E-state index >= 15 is 0 Å². The lowest BCUT2D eigenvalue weighted by Gasteiger charge is -2.05. The number of nitrogens with one attached hydrogen (secondary N) is 1. The maximum absolute atomic E-state index is 12.3. The molecule has 1 heterocycles. The van der Waals surface area contributed by atoms with E-state index in [1.165, 1.54) is 6.92 Å². The molecule has 0 radical (unpaired) electrons. The lowest BCUT2D eigenvalue weighted by Crippen LogP contribution is -2.11. The van der Waals surface area contributed by atoms with E-state index in [4.69, 9.17) is 0 Å². The van der Waals surface area contributed by atoms with Gasteiger partial charge in [-0.25, -0.2) is 0 Å². The van der Waals surface area contributed by atoms with Gasteiger partial charge in [0.15, 0.2) is 5.78 Å². The first-order valence-electron chi connectivity index (χ1n) is 3.47. The van der Waals surface area contributed by atoms with Gasteiger partial charge >= 0.3 is 6.18 Å². The van der Waals surface area contributed by atoms with Crippen LogP contribution in [0.1, 0.15) is 28.7 Å². The van der Waals surface area contributed by atoms with Crippen molar-refractivity contribution in [3.8, 4) is 0 Å². The minimum atomic E-state index is -4.53. The Morgan fingerprint density at radius 2 is 2.00 bits per heavy atom. The fourth-order valence-corrected chi connectivity index (χ4v) is 1.03. The molecular formula is C7H7F3N2O. The summed E-state index contributed by atoms with van der Waals surface area (Å²) in [5, 5.41) is 5.42. The number of carbonyl (C=O) groups is 1. The van der Waals surface area contributed by atoms with Gasteiger partial charge in [0.05, 0.1) is 0 Å². The summed E-state index contributed by atoms with van der Waals surface area (Å²) < 4.78 is 36.9. The highest BCUT2D eigenvalue weighted by atomic mass is 19.4. The van der Waals surface area contributed by atoms with Crippen LogP contribution in [0.15, 0.2) is 0 Å². The zero-order chi connectivity index (χ0) is 10.2. The Morgan fingerprint density at radius 3 is 2.31 bits per heavy atom. The van der Waals surface area contributed by atoms with E-state index < -0.39 is 23.2 Å². The normalized spacial score (nSPS) is 11.8. The van der Waals surface area contributed by atoms with Gasteiger partial charge in [-0.2, -0.15) is 18.3 Å². The first-order chi connectivity index (χ1) is 5.84. The van der Waals surface area contributed by atoms with Crippen LogP contribution in [0.3, 0.4) is 0 Å². The van der Waals surface area contributed by atoms with Crippen molar-refractivity contribution in [2.75, 3.05) is 0 Å². The number of alkyl halides is 3. The third kappa shape index (κ3) is 1.71. The van der Waals surface area contributed by atoms with Gasteiger partial charge in [-0.1, -0.05) is 0 Å². The summed E-state index contributed by atoms with van der Waals surface area (Å²) in [6.07, 6.45) is -4.53. The van der Waals surface area contributed by atoms with Crippen LogP contribution in [0.25, 0.3) is 0 Å². The van der Waals surface area contributed by atoms with Gasteiger partial charge in [-0.15, -0.1) is 0 Å². The summed E-state index contributed by atoms with van der Waals surface area (Å²) in [5.41, 5.74) is -1.66. The van der Waals surface area contributed by atoms with Crippen molar-refractivity contribution in [1.29, 1.82) is 0 Å². The van der Waals surface area contributed by atoms with Gasteiger partial charge in [0, 0.05) is 12.6 Å². The number of rotatable bonds is 1. The number of hydrogen-bond acceptors (Lipinski definition) is 2. The van der Waals surface area contributed by atoms with Crippen molar-refractivity contribution in [3.05, 3.63) is 17.0 Å². The van der Waals surface area contributed by atoms with Crippen molar-refractivity contribution in [3.63, 3.8) is 0 Å². The molecule has 1 rings (SSSR count). The average Bonchev–Trinajstić information content (AvgIpc) is 2.28. The van der Waals surface area contributed by atoms with Crippen LogP contribution >= 0.6 is 0 Å². The molecule has 72 valence electrons. The van der Waals surface area contributed by atoms with E-state index in [0.29, 0.717) is 0 Å². The largest absolute Gasteiger partial charge is 0.420 e. The monoisotopic (exact) mass is 192 g/mol. The molecule has 0 saturated heterocycles. The van der Waals surface area contributed by atoms with E-state index in [-0.39, 0.29) is 5.69 Å². The Morgan fingerprint density at radius 1 is 1.46 bits per heavy atom. The predicted molar refractivity (Wildman–Crippen MR) is 38.3 cm³/mol. The molecule has 3 nitrogen and oxygen atoms in total. The average molecular weight is 192 g/mol. The van der Waals surface area contributed by atoms with E-state index in [1.54, 1.807) is 0 Å². The van der Waals surface area contributed by atoms with Gasteiger partial charge in [0.2, 0.25) is 0 Å². The second-order valence-electron chi connectivity index (χ2n) is 2.63. The SMILES string of the molecule is CC(=O)c1n[nH]c(C)c1C(F)(F)F. The lowest BCUT2D eigenvalue weighted by molar-refractivity contribution is -0.138. The molecule has 0 atom stereocenters. The number of halogens is 3. The maximum atomic E-state index is 12.3. The molecule has 0 aliphatic rings. The number of ketones is 1. The Hall–Kier alpha value is -1.33. The van der Waals surface area contributed by atoms with Gasteiger partial charge in [0.1, 0.15) is 11.3 Å². The molecule has 0 unspecified atom stereocenters. The van der Waals surface area contributed by atoms with E-state index in [1.807, 2.05) is 0 Å². The van der Waals surface area contributed by atoms with Crippen LogP contribution in [-0.2, 0) is 6.18 Å². The number of aromatic amines is 1. The lowest BCUT2D eigenvalue weighted by atomic mass is 10.1. The van der Waals surface area contributed by atoms with Crippen LogP contribution in [0.5, 0.6) is 0 Å². The van der Waals surface area contributed by atoms with E-state index in [0.717, 1.165) is 6.92 Å². The Labute approximate surface area is 71.9 Å². The molecule has 1 N–H and O–H groups in total. The third-order valence-electron chi connectivity index (χ3n) is 1.56. The minimum absolute atomic E-state index is 0.141. The molecule has 0 fully saturated rings. The molecule has 0 aliphatic heterocycles. The third-order valence-corrected chi connectivity index (χ3v) is 1.56. The molecule has 1 aromatic rings. The first-order valence-corrected chi connectivity index (χ1v) is 3.47. The van der Waals surface area contributed by atoms with Crippen molar-refractivity contribution in [2.45, 2.75) is 20.0 Å². The molecule has 0 spiro atoms. The number of aryl methyl sites for hydroxylation is 1. The highest BCUT2D eigenvalue weighted by molar-refractivity contribution is 5.93. The zero-order valence-corrected chi connectivity index (χ0v) is 6.99. The van der Waals surface area contributed by atoms with Crippen molar-refractivity contribution in [1.82, 2.24) is 10.2 Å². The Bertz CT molecular complexity index is 340. The van der Waals surface area contributed by atoms with Crippen LogP contribution in [0, 0.1) is 6.92 Å². The smallest absolute Gasteiger partial charge is 0.293 e. The van der Waals surface area contributed by atoms with Crippen LogP contribution < -0.4 is 0 Å². The predicted octanol–water partition coefficient (Wildman–Crippen LogP) is 1.94. The number of H-pyrrole nitrogens is 1. The summed E-state index contributed by atoms with van der Waals surface area (Å²) in [7, 11) is 0. The Balaban J connectivity index is 3.33. The summed E-state index contributed by atoms with van der Waals surface area (Å²) in [5.74, 6) is -0.698. The van der Waals surface area contributed by atoms with Gasteiger partial charge in [-0.05, 0) is 6.92 Å². The summed E-state index contributed by atoms with van der Waals surface area (Å²) in [6, 6.07) is 0. The minimum Gasteiger partial charge on any atom is -0.293 e. The zero-order valence-electron chi connectivity index (χ0n) is 6.99. The summed E-state index contributed by atoms with van der Waals surface area (Å²) in [6.45, 7) is 2.27. The molecule has 6 heteroatoms. The summed E-state index contributed by atoms with van der Waals surface area (Å²) >= 11 is 0. The molecule has 0 amide bonds. The van der Waals surface area contributed by atoms with Crippen molar-refractivity contribution >= 4 is 5.78 Å². The fourth-order valence-electron chi connectivity index (χ4n) is 1.03. The summed E-state index contributed by atoms with van der Waals surface area (Å²) in [4.78, 5) is 10.7. The number of nitrogens with zero attached hydrogens (tertiary/aromatic N) is 1. The molecule has 0 bridgehead atoms. The maximum Gasteiger partial charge on any atom is 0.420 e. The number of Topliss-reactive ketones (excluding diaryl/α,β-unsaturated/α-hetero) is 1. The standard InChI is InChI=1S/C7H7F3N2O/c1-3-5(7(8,9)10)6(4(2)13)12-11-3/h1-2H3,(H,11,12). The number of aromatic nitrogens is 2. The van der Waals surface area contributed by atoms with E-state index in [9.17, 15) is 18.0 Å². The fraction of sp³-hybridized carbons (Fsp3) is 0.429. The van der Waals surface area contributed by atoms with E-state index in [2.05, 4.69) is 10.2 Å². The van der Waals surface area contributed by atoms with Gasteiger partial charge in [0.25, 0.3) is 0 Å².